The summed E-state index contributed by atoms with van der Waals surface area (Å²) in [5.41, 5.74) is -4.19. The van der Waals surface area contributed by atoms with Crippen molar-refractivity contribution in [3.63, 3.8) is 0 Å². The smallest absolute Gasteiger partial charge is 0.437 e. The molecule has 0 saturated carbocycles. The van der Waals surface area contributed by atoms with Gasteiger partial charge in [0.05, 0.1) is 12.0 Å². The minimum Gasteiger partial charge on any atom is -0.545 e. The summed E-state index contributed by atoms with van der Waals surface area (Å²) in [4.78, 5) is 35.8. The lowest BCUT2D eigenvalue weighted by molar-refractivity contribution is -0.287. The Kier molecular flexibility index (Phi) is 5.05. The van der Waals surface area contributed by atoms with Crippen molar-refractivity contribution in [3.8, 4) is 0 Å². The molecule has 0 aromatic heterocycles. The maximum atomic E-state index is 13.8. The van der Waals surface area contributed by atoms with Crippen LogP contribution in [0.5, 0.6) is 0 Å². The predicted octanol–water partition coefficient (Wildman–Crippen LogP) is 1.15. The highest BCUT2D eigenvalue weighted by Crippen LogP contribution is 2.43. The monoisotopic (exact) mass is 407 g/mol. The first kappa shape index (κ1) is 20.3. The number of halogens is 3. The molecular formula is C19H14F3N2O5-. The molecule has 2 amide bonds. The number of nitrogens with one attached hydrogen (secondary N) is 2. The summed E-state index contributed by atoms with van der Waals surface area (Å²) in [5.74, 6) is -4.75. The molecule has 3 atom stereocenters. The van der Waals surface area contributed by atoms with E-state index in [1.54, 1.807) is 6.07 Å². The third-order valence-corrected chi connectivity index (χ3v) is 4.65. The summed E-state index contributed by atoms with van der Waals surface area (Å²) >= 11 is 0. The largest absolute Gasteiger partial charge is 0.545 e. The first-order chi connectivity index (χ1) is 13.5. The summed E-state index contributed by atoms with van der Waals surface area (Å²) in [6.45, 7) is 0. The van der Waals surface area contributed by atoms with Gasteiger partial charge in [-0.25, -0.2) is 4.79 Å². The number of aromatic carboxylic acids is 1. The van der Waals surface area contributed by atoms with Crippen LogP contribution in [0, 0.1) is 5.92 Å². The van der Waals surface area contributed by atoms with Gasteiger partial charge in [-0.05, 0) is 11.1 Å². The number of alkyl halides is 3. The van der Waals surface area contributed by atoms with E-state index in [1.165, 1.54) is 29.6 Å². The Hall–Kier alpha value is -3.40. The summed E-state index contributed by atoms with van der Waals surface area (Å²) in [6.07, 6.45) is -5.37. The molecule has 0 spiro atoms. The van der Waals surface area contributed by atoms with Crippen LogP contribution >= 0.6 is 0 Å². The fourth-order valence-electron chi connectivity index (χ4n) is 3.23. The number of aliphatic hydroxyl groups is 1. The van der Waals surface area contributed by atoms with Crippen LogP contribution in [-0.2, 0) is 0 Å². The highest BCUT2D eigenvalue weighted by Gasteiger charge is 2.66. The Balaban J connectivity index is 2.14. The molecule has 0 radical (unpaired) electrons. The van der Waals surface area contributed by atoms with Gasteiger partial charge in [0.25, 0.3) is 0 Å². The summed E-state index contributed by atoms with van der Waals surface area (Å²) < 4.78 is 41.3. The molecule has 0 bridgehead atoms. The average Bonchev–Trinajstić information content (AvgIpc) is 2.67. The Bertz CT molecular complexity index is 947. The zero-order chi connectivity index (χ0) is 21.4. The molecule has 3 N–H and O–H groups in total. The maximum absolute atomic E-state index is 13.8. The first-order valence-corrected chi connectivity index (χ1v) is 8.33. The Labute approximate surface area is 162 Å². The average molecular weight is 407 g/mol. The van der Waals surface area contributed by atoms with Crippen molar-refractivity contribution in [2.24, 2.45) is 5.92 Å². The van der Waals surface area contributed by atoms with E-state index in [0.717, 1.165) is 24.3 Å². The number of ketones is 1. The lowest BCUT2D eigenvalue weighted by atomic mass is 9.77. The number of carboxylic acid groups (broad SMARTS) is 1. The van der Waals surface area contributed by atoms with Gasteiger partial charge in [-0.3, -0.25) is 4.79 Å². The van der Waals surface area contributed by atoms with Crippen LogP contribution in [0.4, 0.5) is 18.0 Å². The minimum atomic E-state index is -5.37. The van der Waals surface area contributed by atoms with Gasteiger partial charge in [0.15, 0.2) is 5.78 Å². The van der Waals surface area contributed by atoms with Crippen LogP contribution in [0.15, 0.2) is 54.6 Å². The van der Waals surface area contributed by atoms with E-state index in [2.05, 4.69) is 5.32 Å². The van der Waals surface area contributed by atoms with Crippen LogP contribution in [-0.4, -0.2) is 34.8 Å². The molecule has 1 fully saturated rings. The molecule has 29 heavy (non-hydrogen) atoms. The van der Waals surface area contributed by atoms with Crippen LogP contribution in [0.25, 0.3) is 0 Å². The number of hydrogen-bond acceptors (Lipinski definition) is 5. The van der Waals surface area contributed by atoms with Gasteiger partial charge in [-0.1, -0.05) is 54.6 Å². The van der Waals surface area contributed by atoms with E-state index in [9.17, 15) is 37.8 Å². The van der Waals surface area contributed by atoms with E-state index in [-0.39, 0.29) is 16.7 Å². The molecule has 7 nitrogen and oxygen atoms in total. The van der Waals surface area contributed by atoms with Crippen LogP contribution < -0.4 is 15.7 Å². The molecule has 0 unspecified atom stereocenters. The highest BCUT2D eigenvalue weighted by molar-refractivity contribution is 6.00. The fourth-order valence-corrected chi connectivity index (χ4v) is 3.23. The summed E-state index contributed by atoms with van der Waals surface area (Å²) in [5, 5.41) is 25.0. The number of amides is 2. The van der Waals surface area contributed by atoms with Gasteiger partial charge in [-0.2, -0.15) is 13.2 Å². The number of Topliss-reactive ketones (excluding diaryl/α,β-unsaturated/α-hetero) is 1. The van der Waals surface area contributed by atoms with Gasteiger partial charge in [0.1, 0.15) is 5.92 Å². The Morgan fingerprint density at radius 3 is 2.10 bits per heavy atom. The quantitative estimate of drug-likeness (QED) is 0.658. The van der Waals surface area contributed by atoms with Gasteiger partial charge >= 0.3 is 12.2 Å². The van der Waals surface area contributed by atoms with Crippen molar-refractivity contribution >= 4 is 17.8 Å². The molecule has 2 aromatic carbocycles. The molecule has 1 aliphatic rings. The summed E-state index contributed by atoms with van der Waals surface area (Å²) in [7, 11) is 0. The maximum Gasteiger partial charge on any atom is 0.437 e. The molecule has 1 aliphatic heterocycles. The second kappa shape index (κ2) is 7.21. The Morgan fingerprint density at radius 2 is 1.59 bits per heavy atom. The van der Waals surface area contributed by atoms with Crippen LogP contribution in [0.3, 0.4) is 0 Å². The molecule has 2 aromatic rings. The van der Waals surface area contributed by atoms with E-state index in [0.29, 0.717) is 0 Å². The summed E-state index contributed by atoms with van der Waals surface area (Å²) in [6, 6.07) is 8.51. The number of carbonyl (C=O) groups is 3. The second-order valence-corrected chi connectivity index (χ2v) is 6.46. The lowest BCUT2D eigenvalue weighted by Gasteiger charge is -2.45. The third-order valence-electron chi connectivity index (χ3n) is 4.65. The minimum absolute atomic E-state index is 0.00167. The van der Waals surface area contributed by atoms with Gasteiger partial charge in [0, 0.05) is 5.56 Å². The topological polar surface area (TPSA) is 119 Å². The molecule has 0 aliphatic carbocycles. The third kappa shape index (κ3) is 3.66. The molecule has 3 rings (SSSR count). The van der Waals surface area contributed by atoms with Gasteiger partial charge in [-0.15, -0.1) is 0 Å². The zero-order valence-electron chi connectivity index (χ0n) is 14.6. The molecular weight excluding hydrogens is 393 g/mol. The normalized spacial score (nSPS) is 24.3. The van der Waals surface area contributed by atoms with Crippen molar-refractivity contribution in [1.29, 1.82) is 0 Å². The lowest BCUT2D eigenvalue weighted by Crippen LogP contribution is -2.72. The van der Waals surface area contributed by atoms with Crippen molar-refractivity contribution in [1.82, 2.24) is 10.6 Å². The predicted molar refractivity (Wildman–Crippen MR) is 90.4 cm³/mol. The van der Waals surface area contributed by atoms with Crippen molar-refractivity contribution in [3.05, 3.63) is 71.3 Å². The van der Waals surface area contributed by atoms with Gasteiger partial charge in [0.2, 0.25) is 5.72 Å². The standard InChI is InChI=1S/C19H15F3N2O5/c20-19(21,22)18(29)13(15(25)11-4-2-1-3-5-11)14(23-17(28)24-18)10-6-8-12(9-7-10)16(26)27/h1-9,13-14,29H,(H,26,27)(H2,23,24,28)/p-1/t13-,14-,18-/m1/s1. The fraction of sp³-hybridized carbons (Fsp3) is 0.211. The Morgan fingerprint density at radius 1 is 1.00 bits per heavy atom. The van der Waals surface area contributed by atoms with Crippen LogP contribution in [0.2, 0.25) is 0 Å². The van der Waals surface area contributed by atoms with E-state index >= 15 is 0 Å². The number of rotatable bonds is 4. The SMILES string of the molecule is O=C1N[C@H](c2ccc(C(=O)[O-])cc2)[C@H](C(=O)c2ccccc2)[C@@](O)(C(F)(F)F)N1. The second-order valence-electron chi connectivity index (χ2n) is 6.46. The number of urea groups is 1. The molecule has 1 saturated heterocycles. The number of carboxylic acids is 1. The van der Waals surface area contributed by atoms with Crippen LogP contribution in [0.1, 0.15) is 32.3 Å². The molecule has 1 heterocycles. The number of carbonyl (C=O) groups excluding carboxylic acids is 3. The highest BCUT2D eigenvalue weighted by atomic mass is 19.4. The number of hydrogen-bond donors (Lipinski definition) is 3. The first-order valence-electron chi connectivity index (χ1n) is 8.33. The zero-order valence-corrected chi connectivity index (χ0v) is 14.6. The van der Waals surface area contributed by atoms with Crippen molar-refractivity contribution < 1.29 is 37.8 Å². The van der Waals surface area contributed by atoms with Crippen molar-refractivity contribution in [2.45, 2.75) is 17.9 Å². The molecule has 152 valence electrons. The van der Waals surface area contributed by atoms with E-state index in [1.807, 2.05) is 0 Å². The molecule has 10 heteroatoms. The van der Waals surface area contributed by atoms with Gasteiger partial charge < -0.3 is 25.6 Å². The van der Waals surface area contributed by atoms with Crippen molar-refractivity contribution in [2.75, 3.05) is 0 Å². The van der Waals surface area contributed by atoms with E-state index in [4.69, 9.17) is 0 Å². The number of benzene rings is 2. The van der Waals surface area contributed by atoms with E-state index < -0.39 is 41.6 Å².